The number of aliphatic hydroxyl groups is 1. The molecule has 1 nitrogen and oxygen atoms in total. The van der Waals surface area contributed by atoms with E-state index in [1.165, 1.54) is 0 Å². The van der Waals surface area contributed by atoms with Crippen molar-refractivity contribution in [1.82, 2.24) is 0 Å². The lowest BCUT2D eigenvalue weighted by Gasteiger charge is -2.23. The first kappa shape index (κ1) is 10.6. The zero-order chi connectivity index (χ0) is 11.1. The number of rotatable bonds is 1. The molecule has 82 valence electrons. The molecular weight excluding hydrogens is 198 g/mol. The predicted octanol–water partition coefficient (Wildman–Crippen LogP) is 2.97. The van der Waals surface area contributed by atoms with E-state index >= 15 is 0 Å². The molecule has 1 aromatic rings. The van der Waals surface area contributed by atoms with E-state index < -0.39 is 17.2 Å². The fourth-order valence-electron chi connectivity index (χ4n) is 2.36. The molecule has 3 heteroatoms. The molecule has 0 radical (unpaired) electrons. The summed E-state index contributed by atoms with van der Waals surface area (Å²) in [6, 6.07) is 3.25. The highest BCUT2D eigenvalue weighted by Gasteiger charge is 2.38. The number of benzene rings is 1. The van der Waals surface area contributed by atoms with E-state index in [0.29, 0.717) is 18.8 Å². The van der Waals surface area contributed by atoms with Crippen LogP contribution in [0, 0.1) is 17.6 Å². The molecule has 0 bridgehead atoms. The van der Waals surface area contributed by atoms with Gasteiger partial charge in [0.1, 0.15) is 11.6 Å². The maximum absolute atomic E-state index is 13.5. The largest absolute Gasteiger partial charge is 0.385 e. The molecule has 0 amide bonds. The van der Waals surface area contributed by atoms with Crippen molar-refractivity contribution in [2.24, 2.45) is 5.92 Å². The highest BCUT2D eigenvalue weighted by molar-refractivity contribution is 5.26. The molecule has 0 saturated heterocycles. The summed E-state index contributed by atoms with van der Waals surface area (Å²) in [5.74, 6) is -0.662. The van der Waals surface area contributed by atoms with Crippen LogP contribution in [0.5, 0.6) is 0 Å². The fraction of sp³-hybridized carbons (Fsp3) is 0.500. The SMILES string of the molecule is CC1CCC(O)(c2cc(F)ccc2F)C1. The second-order valence-electron chi connectivity index (χ2n) is 4.50. The van der Waals surface area contributed by atoms with Gasteiger partial charge in [-0.25, -0.2) is 8.78 Å². The number of halogens is 2. The van der Waals surface area contributed by atoms with Crippen LogP contribution in [0.1, 0.15) is 31.7 Å². The van der Waals surface area contributed by atoms with Crippen molar-refractivity contribution < 1.29 is 13.9 Å². The Hall–Kier alpha value is -0.960. The smallest absolute Gasteiger partial charge is 0.129 e. The van der Waals surface area contributed by atoms with Crippen LogP contribution < -0.4 is 0 Å². The van der Waals surface area contributed by atoms with E-state index in [9.17, 15) is 13.9 Å². The zero-order valence-electron chi connectivity index (χ0n) is 8.63. The average Bonchev–Trinajstić information content (AvgIpc) is 2.52. The standard InChI is InChI=1S/C12H14F2O/c1-8-4-5-12(15,7-8)10-6-9(13)2-3-11(10)14/h2-3,6,8,15H,4-5,7H2,1H3. The van der Waals surface area contributed by atoms with Gasteiger partial charge in [0, 0.05) is 5.56 Å². The van der Waals surface area contributed by atoms with E-state index in [-0.39, 0.29) is 5.56 Å². The van der Waals surface area contributed by atoms with Crippen LogP contribution >= 0.6 is 0 Å². The lowest BCUT2D eigenvalue weighted by Crippen LogP contribution is -2.23. The van der Waals surface area contributed by atoms with Gasteiger partial charge in [-0.05, 0) is 43.4 Å². The third kappa shape index (κ3) is 1.88. The van der Waals surface area contributed by atoms with Gasteiger partial charge < -0.3 is 5.11 Å². The summed E-state index contributed by atoms with van der Waals surface area (Å²) in [5.41, 5.74) is -1.07. The van der Waals surface area contributed by atoms with Gasteiger partial charge in [-0.2, -0.15) is 0 Å². The normalized spacial score (nSPS) is 30.8. The molecule has 1 fully saturated rings. The van der Waals surface area contributed by atoms with Gasteiger partial charge in [0.05, 0.1) is 5.60 Å². The van der Waals surface area contributed by atoms with Crippen molar-refractivity contribution in [3.05, 3.63) is 35.4 Å². The molecule has 15 heavy (non-hydrogen) atoms. The molecule has 2 unspecified atom stereocenters. The van der Waals surface area contributed by atoms with Gasteiger partial charge in [-0.3, -0.25) is 0 Å². The van der Waals surface area contributed by atoms with Crippen molar-refractivity contribution in [1.29, 1.82) is 0 Å². The van der Waals surface area contributed by atoms with Crippen LogP contribution in [0.15, 0.2) is 18.2 Å². The van der Waals surface area contributed by atoms with Crippen molar-refractivity contribution >= 4 is 0 Å². The van der Waals surface area contributed by atoms with Gasteiger partial charge in [0.2, 0.25) is 0 Å². The Bertz CT molecular complexity index is 378. The minimum absolute atomic E-state index is 0.104. The van der Waals surface area contributed by atoms with Crippen LogP contribution in [-0.4, -0.2) is 5.11 Å². The highest BCUT2D eigenvalue weighted by atomic mass is 19.1. The number of hydrogen-bond donors (Lipinski definition) is 1. The van der Waals surface area contributed by atoms with E-state index in [4.69, 9.17) is 0 Å². The van der Waals surface area contributed by atoms with Crippen LogP contribution in [-0.2, 0) is 5.60 Å². The molecule has 1 aliphatic carbocycles. The third-order valence-corrected chi connectivity index (χ3v) is 3.17. The Morgan fingerprint density at radius 1 is 1.40 bits per heavy atom. The summed E-state index contributed by atoms with van der Waals surface area (Å²) < 4.78 is 26.5. The monoisotopic (exact) mass is 212 g/mol. The van der Waals surface area contributed by atoms with E-state index in [0.717, 1.165) is 24.6 Å². The second-order valence-corrected chi connectivity index (χ2v) is 4.50. The summed E-state index contributed by atoms with van der Waals surface area (Å²) in [6.07, 6.45) is 1.87. The third-order valence-electron chi connectivity index (χ3n) is 3.17. The molecule has 0 spiro atoms. The van der Waals surface area contributed by atoms with Crippen LogP contribution in [0.3, 0.4) is 0 Å². The van der Waals surface area contributed by atoms with Crippen molar-refractivity contribution in [2.75, 3.05) is 0 Å². The molecule has 1 aliphatic rings. The minimum Gasteiger partial charge on any atom is -0.385 e. The van der Waals surface area contributed by atoms with E-state index in [2.05, 4.69) is 0 Å². The molecule has 1 aromatic carbocycles. The maximum Gasteiger partial charge on any atom is 0.129 e. The number of hydrogen-bond acceptors (Lipinski definition) is 1. The molecule has 0 aliphatic heterocycles. The van der Waals surface area contributed by atoms with Gasteiger partial charge >= 0.3 is 0 Å². The molecule has 1 saturated carbocycles. The topological polar surface area (TPSA) is 20.2 Å². The zero-order valence-corrected chi connectivity index (χ0v) is 8.63. The molecule has 0 aromatic heterocycles. The lowest BCUT2D eigenvalue weighted by molar-refractivity contribution is 0.0368. The Morgan fingerprint density at radius 3 is 2.73 bits per heavy atom. The summed E-state index contributed by atoms with van der Waals surface area (Å²) in [6.45, 7) is 2.01. The Labute approximate surface area is 87.7 Å². The minimum atomic E-state index is -1.17. The Morgan fingerprint density at radius 2 is 2.13 bits per heavy atom. The fourth-order valence-corrected chi connectivity index (χ4v) is 2.36. The van der Waals surface area contributed by atoms with Crippen molar-refractivity contribution in [2.45, 2.75) is 31.8 Å². The van der Waals surface area contributed by atoms with Crippen molar-refractivity contribution in [3.63, 3.8) is 0 Å². The molecule has 2 rings (SSSR count). The van der Waals surface area contributed by atoms with Gasteiger partial charge in [0.15, 0.2) is 0 Å². The molecular formula is C12H14F2O. The summed E-state index contributed by atoms with van der Waals surface area (Å²) in [4.78, 5) is 0. The summed E-state index contributed by atoms with van der Waals surface area (Å²) in [5, 5.41) is 10.2. The van der Waals surface area contributed by atoms with Crippen LogP contribution in [0.2, 0.25) is 0 Å². The van der Waals surface area contributed by atoms with E-state index in [1.54, 1.807) is 0 Å². The van der Waals surface area contributed by atoms with Crippen LogP contribution in [0.25, 0.3) is 0 Å². The average molecular weight is 212 g/mol. The predicted molar refractivity (Wildman–Crippen MR) is 53.3 cm³/mol. The quantitative estimate of drug-likeness (QED) is 0.758. The molecule has 0 heterocycles. The first-order chi connectivity index (χ1) is 7.01. The van der Waals surface area contributed by atoms with Crippen molar-refractivity contribution in [3.8, 4) is 0 Å². The molecule has 2 atom stereocenters. The van der Waals surface area contributed by atoms with E-state index in [1.807, 2.05) is 6.92 Å². The molecule has 1 N–H and O–H groups in total. The maximum atomic E-state index is 13.5. The first-order valence-electron chi connectivity index (χ1n) is 5.19. The first-order valence-corrected chi connectivity index (χ1v) is 5.19. The van der Waals surface area contributed by atoms with Crippen LogP contribution in [0.4, 0.5) is 8.78 Å². The lowest BCUT2D eigenvalue weighted by atomic mass is 9.91. The Kier molecular flexibility index (Phi) is 2.51. The van der Waals surface area contributed by atoms with Gasteiger partial charge in [0.25, 0.3) is 0 Å². The highest BCUT2D eigenvalue weighted by Crippen LogP contribution is 2.42. The van der Waals surface area contributed by atoms with Gasteiger partial charge in [-0.15, -0.1) is 0 Å². The summed E-state index contributed by atoms with van der Waals surface area (Å²) >= 11 is 0. The summed E-state index contributed by atoms with van der Waals surface area (Å²) in [7, 11) is 0. The Balaban J connectivity index is 2.40. The van der Waals surface area contributed by atoms with Gasteiger partial charge in [-0.1, -0.05) is 6.92 Å². The second kappa shape index (κ2) is 3.56.